The molecule has 0 fully saturated rings. The van der Waals surface area contributed by atoms with Crippen molar-refractivity contribution in [2.45, 2.75) is 16.7 Å². The van der Waals surface area contributed by atoms with E-state index in [0.29, 0.717) is 5.56 Å². The van der Waals surface area contributed by atoms with E-state index in [9.17, 15) is 16.8 Å². The Bertz CT molecular complexity index is 859. The molecule has 21 heavy (non-hydrogen) atoms. The summed E-state index contributed by atoms with van der Waals surface area (Å²) in [7, 11) is -2.36. The fourth-order valence-electron chi connectivity index (χ4n) is 1.75. The van der Waals surface area contributed by atoms with E-state index < -0.39 is 19.1 Å². The minimum absolute atomic E-state index is 0.0944. The van der Waals surface area contributed by atoms with E-state index in [1.54, 1.807) is 25.1 Å². The zero-order chi connectivity index (χ0) is 15.7. The van der Waals surface area contributed by atoms with Crippen molar-refractivity contribution in [3.8, 4) is 0 Å². The molecule has 0 bridgehead atoms. The van der Waals surface area contributed by atoms with Gasteiger partial charge < -0.3 is 0 Å². The first-order valence-electron chi connectivity index (χ1n) is 5.83. The van der Waals surface area contributed by atoms with E-state index in [1.165, 1.54) is 30.3 Å². The maximum Gasteiger partial charge on any atom is 0.262 e. The molecule has 2 rings (SSSR count). The van der Waals surface area contributed by atoms with Crippen LogP contribution in [0.4, 0.5) is 5.69 Å². The van der Waals surface area contributed by atoms with Crippen molar-refractivity contribution in [1.82, 2.24) is 0 Å². The second-order valence-corrected chi connectivity index (χ2v) is 8.55. The Labute approximate surface area is 128 Å². The number of hydrogen-bond donors (Lipinski definition) is 1. The van der Waals surface area contributed by atoms with Crippen LogP contribution in [0.25, 0.3) is 0 Å². The lowest BCUT2D eigenvalue weighted by atomic mass is 10.2. The van der Waals surface area contributed by atoms with Gasteiger partial charge in [0.2, 0.25) is 0 Å². The summed E-state index contributed by atoms with van der Waals surface area (Å²) in [6, 6.07) is 11.7. The van der Waals surface area contributed by atoms with E-state index in [4.69, 9.17) is 10.7 Å². The number of sulfonamides is 1. The molecule has 0 heterocycles. The van der Waals surface area contributed by atoms with Gasteiger partial charge in [-0.05, 0) is 42.8 Å². The molecule has 0 atom stereocenters. The second-order valence-electron chi connectivity index (χ2n) is 4.33. The van der Waals surface area contributed by atoms with Crippen LogP contribution in [0.1, 0.15) is 5.56 Å². The van der Waals surface area contributed by atoms with Crippen molar-refractivity contribution >= 4 is 35.4 Å². The summed E-state index contributed by atoms with van der Waals surface area (Å²) in [6.07, 6.45) is 0. The van der Waals surface area contributed by atoms with Crippen molar-refractivity contribution in [3.05, 3.63) is 54.1 Å². The molecular formula is C13H12ClNO4S2. The third kappa shape index (κ3) is 3.75. The Hall–Kier alpha value is -1.57. The van der Waals surface area contributed by atoms with Gasteiger partial charge in [0.15, 0.2) is 0 Å². The lowest BCUT2D eigenvalue weighted by molar-refractivity contribution is 0.600. The first-order valence-corrected chi connectivity index (χ1v) is 9.62. The van der Waals surface area contributed by atoms with Gasteiger partial charge in [-0.3, -0.25) is 4.72 Å². The third-order valence-corrected chi connectivity index (χ3v) is 5.68. The predicted octanol–water partition coefficient (Wildman–Crippen LogP) is 2.72. The van der Waals surface area contributed by atoms with Crippen LogP contribution in [0.3, 0.4) is 0 Å². The van der Waals surface area contributed by atoms with Gasteiger partial charge >= 0.3 is 0 Å². The van der Waals surface area contributed by atoms with Crippen molar-refractivity contribution in [2.24, 2.45) is 0 Å². The molecule has 1 N–H and O–H groups in total. The molecule has 0 saturated carbocycles. The molecule has 0 spiro atoms. The van der Waals surface area contributed by atoms with Gasteiger partial charge in [0.25, 0.3) is 19.1 Å². The summed E-state index contributed by atoms with van der Waals surface area (Å²) in [6.45, 7) is 1.69. The van der Waals surface area contributed by atoms with Gasteiger partial charge in [0.05, 0.1) is 9.79 Å². The van der Waals surface area contributed by atoms with Crippen molar-refractivity contribution in [3.63, 3.8) is 0 Å². The number of nitrogens with one attached hydrogen (secondary N) is 1. The Kier molecular flexibility index (Phi) is 4.27. The molecule has 0 saturated heterocycles. The molecule has 0 aliphatic rings. The number of benzene rings is 2. The average Bonchev–Trinajstić information content (AvgIpc) is 2.38. The van der Waals surface area contributed by atoms with Gasteiger partial charge in [0.1, 0.15) is 0 Å². The molecule has 112 valence electrons. The average molecular weight is 346 g/mol. The lowest BCUT2D eigenvalue weighted by Crippen LogP contribution is -2.14. The highest BCUT2D eigenvalue weighted by atomic mass is 35.7. The van der Waals surface area contributed by atoms with Crippen molar-refractivity contribution in [1.29, 1.82) is 0 Å². The van der Waals surface area contributed by atoms with Gasteiger partial charge in [-0.2, -0.15) is 0 Å². The number of halogens is 1. The zero-order valence-corrected chi connectivity index (χ0v) is 13.3. The summed E-state index contributed by atoms with van der Waals surface area (Å²) in [5.74, 6) is 0. The summed E-state index contributed by atoms with van der Waals surface area (Å²) in [5.41, 5.74) is 0.868. The highest BCUT2D eigenvalue weighted by Gasteiger charge is 2.17. The Morgan fingerprint density at radius 3 is 2.00 bits per heavy atom. The number of rotatable bonds is 4. The van der Waals surface area contributed by atoms with Crippen LogP contribution in [0.2, 0.25) is 0 Å². The monoisotopic (exact) mass is 345 g/mol. The molecule has 0 amide bonds. The molecule has 0 aliphatic heterocycles. The maximum absolute atomic E-state index is 12.2. The second kappa shape index (κ2) is 5.67. The minimum Gasteiger partial charge on any atom is -0.280 e. The molecular weight excluding hydrogens is 334 g/mol. The number of anilines is 1. The quantitative estimate of drug-likeness (QED) is 0.864. The van der Waals surface area contributed by atoms with Gasteiger partial charge in [-0.15, -0.1) is 0 Å². The molecule has 0 aromatic heterocycles. The minimum atomic E-state index is -3.83. The van der Waals surface area contributed by atoms with Crippen LogP contribution in [0.5, 0.6) is 0 Å². The van der Waals surface area contributed by atoms with E-state index in [1.807, 2.05) is 0 Å². The summed E-state index contributed by atoms with van der Waals surface area (Å²) in [5, 5.41) is 0. The van der Waals surface area contributed by atoms with Crippen LogP contribution in [-0.2, 0) is 19.1 Å². The summed E-state index contributed by atoms with van der Waals surface area (Å²) >= 11 is 0. The predicted molar refractivity (Wildman–Crippen MR) is 81.5 cm³/mol. The van der Waals surface area contributed by atoms with Gasteiger partial charge in [0, 0.05) is 16.4 Å². The van der Waals surface area contributed by atoms with Crippen molar-refractivity contribution in [2.75, 3.05) is 4.72 Å². The Morgan fingerprint density at radius 1 is 0.905 bits per heavy atom. The topological polar surface area (TPSA) is 80.3 Å². The Balaban J connectivity index is 2.32. The van der Waals surface area contributed by atoms with Crippen LogP contribution < -0.4 is 4.72 Å². The van der Waals surface area contributed by atoms with Gasteiger partial charge in [-0.1, -0.05) is 18.2 Å². The van der Waals surface area contributed by atoms with Crippen molar-refractivity contribution < 1.29 is 16.8 Å². The van der Waals surface area contributed by atoms with Crippen LogP contribution >= 0.6 is 10.7 Å². The van der Waals surface area contributed by atoms with E-state index in [-0.39, 0.29) is 15.5 Å². The highest BCUT2D eigenvalue weighted by molar-refractivity contribution is 8.13. The standard InChI is InChI=1S/C13H12ClNO4S2/c1-10-4-2-3-5-13(10)21(18,19)15-11-6-8-12(9-7-11)20(14,16)17/h2-9,15H,1H3. The smallest absolute Gasteiger partial charge is 0.262 e. The van der Waals surface area contributed by atoms with E-state index in [2.05, 4.69) is 4.72 Å². The van der Waals surface area contributed by atoms with Crippen LogP contribution in [-0.4, -0.2) is 16.8 Å². The highest BCUT2D eigenvalue weighted by Crippen LogP contribution is 2.21. The maximum atomic E-state index is 12.2. The molecule has 0 radical (unpaired) electrons. The first-order chi connectivity index (χ1) is 9.70. The summed E-state index contributed by atoms with van der Waals surface area (Å²) in [4.78, 5) is 0.0713. The first kappa shape index (κ1) is 15.8. The fraction of sp³-hybridized carbons (Fsp3) is 0.0769. The molecule has 2 aromatic rings. The molecule has 5 nitrogen and oxygen atoms in total. The van der Waals surface area contributed by atoms with E-state index in [0.717, 1.165) is 0 Å². The largest absolute Gasteiger partial charge is 0.280 e. The number of hydrogen-bond acceptors (Lipinski definition) is 4. The molecule has 0 unspecified atom stereocenters. The molecule has 2 aromatic carbocycles. The molecule has 0 aliphatic carbocycles. The van der Waals surface area contributed by atoms with Crippen LogP contribution in [0.15, 0.2) is 58.3 Å². The van der Waals surface area contributed by atoms with Crippen LogP contribution in [0, 0.1) is 6.92 Å². The molecule has 8 heteroatoms. The fourth-order valence-corrected chi connectivity index (χ4v) is 3.83. The Morgan fingerprint density at radius 2 is 1.48 bits per heavy atom. The lowest BCUT2D eigenvalue weighted by Gasteiger charge is -2.10. The third-order valence-electron chi connectivity index (χ3n) is 2.77. The SMILES string of the molecule is Cc1ccccc1S(=O)(=O)Nc1ccc(S(=O)(=O)Cl)cc1. The zero-order valence-electron chi connectivity index (χ0n) is 10.9. The number of aryl methyl sites for hydroxylation is 1. The van der Waals surface area contributed by atoms with E-state index >= 15 is 0 Å². The normalized spacial score (nSPS) is 12.1. The van der Waals surface area contributed by atoms with Gasteiger partial charge in [-0.25, -0.2) is 16.8 Å². The summed E-state index contributed by atoms with van der Waals surface area (Å²) < 4.78 is 49.1.